The van der Waals surface area contributed by atoms with Crippen molar-refractivity contribution in [3.8, 4) is 0 Å². The summed E-state index contributed by atoms with van der Waals surface area (Å²) in [7, 11) is 0. The average Bonchev–Trinajstić information content (AvgIpc) is 1.86. The Labute approximate surface area is 62.9 Å². The lowest BCUT2D eigenvalue weighted by atomic mass is 9.91. The molecule has 1 aliphatic rings. The highest BCUT2D eigenvalue weighted by Crippen LogP contribution is 2.30. The standard InChI is InChI=1S/C6H10F2N2O/c7-6(8)2-1-4(10-9)5(11)3-6/h4,10H,1-3,9H2. The SMILES string of the molecule is NNC1CCC(F)(F)CC1=O. The Morgan fingerprint density at radius 2 is 2.27 bits per heavy atom. The molecule has 0 saturated heterocycles. The first-order chi connectivity index (χ1) is 5.05. The topological polar surface area (TPSA) is 55.1 Å². The van der Waals surface area contributed by atoms with Crippen molar-refractivity contribution >= 4 is 5.78 Å². The molecule has 0 radical (unpaired) electrons. The van der Waals surface area contributed by atoms with Gasteiger partial charge in [0, 0.05) is 6.42 Å². The van der Waals surface area contributed by atoms with E-state index in [1.54, 1.807) is 0 Å². The summed E-state index contributed by atoms with van der Waals surface area (Å²) >= 11 is 0. The molecule has 64 valence electrons. The molecule has 1 aliphatic carbocycles. The van der Waals surface area contributed by atoms with Crippen LogP contribution < -0.4 is 11.3 Å². The first-order valence-corrected chi connectivity index (χ1v) is 3.42. The van der Waals surface area contributed by atoms with Crippen LogP contribution in [-0.2, 0) is 4.79 Å². The number of nitrogens with one attached hydrogen (secondary N) is 1. The van der Waals surface area contributed by atoms with Crippen LogP contribution in [0.5, 0.6) is 0 Å². The molecule has 0 aliphatic heterocycles. The molecule has 0 aromatic carbocycles. The number of hydrogen-bond donors (Lipinski definition) is 2. The van der Waals surface area contributed by atoms with Gasteiger partial charge in [0.25, 0.3) is 5.92 Å². The third-order valence-electron chi connectivity index (χ3n) is 1.82. The predicted octanol–water partition coefficient (Wildman–Crippen LogP) is 0.207. The summed E-state index contributed by atoms with van der Waals surface area (Å²) in [5.41, 5.74) is 2.21. The van der Waals surface area contributed by atoms with E-state index in [2.05, 4.69) is 5.43 Å². The second-order valence-corrected chi connectivity index (χ2v) is 2.76. The van der Waals surface area contributed by atoms with Crippen LogP contribution in [0.4, 0.5) is 8.78 Å². The van der Waals surface area contributed by atoms with E-state index in [0.717, 1.165) is 0 Å². The number of alkyl halides is 2. The van der Waals surface area contributed by atoms with Gasteiger partial charge in [-0.05, 0) is 6.42 Å². The van der Waals surface area contributed by atoms with Gasteiger partial charge in [-0.15, -0.1) is 0 Å². The first kappa shape index (κ1) is 8.55. The molecule has 0 aromatic heterocycles. The minimum Gasteiger partial charge on any atom is -0.298 e. The second-order valence-electron chi connectivity index (χ2n) is 2.76. The lowest BCUT2D eigenvalue weighted by Gasteiger charge is -2.26. The van der Waals surface area contributed by atoms with Gasteiger partial charge in [0.2, 0.25) is 0 Å². The number of carbonyl (C=O) groups excluding carboxylic acids is 1. The molecule has 1 fully saturated rings. The Kier molecular flexibility index (Phi) is 2.20. The molecule has 11 heavy (non-hydrogen) atoms. The van der Waals surface area contributed by atoms with Crippen LogP contribution in [0.25, 0.3) is 0 Å². The zero-order valence-electron chi connectivity index (χ0n) is 5.94. The molecule has 0 spiro atoms. The second kappa shape index (κ2) is 2.83. The summed E-state index contributed by atoms with van der Waals surface area (Å²) in [6.07, 6.45) is -0.808. The fourth-order valence-corrected chi connectivity index (χ4v) is 1.16. The van der Waals surface area contributed by atoms with Crippen molar-refractivity contribution in [1.82, 2.24) is 5.43 Å². The molecule has 0 amide bonds. The molecule has 0 heterocycles. The number of ketones is 1. The van der Waals surface area contributed by atoms with E-state index in [9.17, 15) is 13.6 Å². The maximum atomic E-state index is 12.5. The quantitative estimate of drug-likeness (QED) is 0.430. The fraction of sp³-hybridized carbons (Fsp3) is 0.833. The Balaban J connectivity index is 2.55. The van der Waals surface area contributed by atoms with Gasteiger partial charge in [0.05, 0.1) is 12.5 Å². The van der Waals surface area contributed by atoms with E-state index in [-0.39, 0.29) is 12.8 Å². The molecule has 1 unspecified atom stereocenters. The van der Waals surface area contributed by atoms with Crippen molar-refractivity contribution in [1.29, 1.82) is 0 Å². The molecule has 5 heteroatoms. The predicted molar refractivity (Wildman–Crippen MR) is 34.9 cm³/mol. The van der Waals surface area contributed by atoms with Crippen LogP contribution in [0.2, 0.25) is 0 Å². The van der Waals surface area contributed by atoms with E-state index < -0.39 is 24.2 Å². The van der Waals surface area contributed by atoms with Gasteiger partial charge in [-0.2, -0.15) is 0 Å². The van der Waals surface area contributed by atoms with Crippen molar-refractivity contribution in [2.24, 2.45) is 5.84 Å². The minimum atomic E-state index is -2.82. The Morgan fingerprint density at radius 1 is 1.64 bits per heavy atom. The van der Waals surface area contributed by atoms with Crippen molar-refractivity contribution in [3.05, 3.63) is 0 Å². The van der Waals surface area contributed by atoms with Gasteiger partial charge in [0.1, 0.15) is 0 Å². The Bertz CT molecular complexity index is 172. The zero-order valence-corrected chi connectivity index (χ0v) is 5.94. The van der Waals surface area contributed by atoms with Crippen LogP contribution in [0.3, 0.4) is 0 Å². The van der Waals surface area contributed by atoms with Gasteiger partial charge in [-0.3, -0.25) is 10.6 Å². The monoisotopic (exact) mass is 164 g/mol. The third kappa shape index (κ3) is 1.94. The Hall–Kier alpha value is -0.550. The molecule has 0 bridgehead atoms. The van der Waals surface area contributed by atoms with Crippen molar-refractivity contribution in [2.45, 2.75) is 31.2 Å². The Morgan fingerprint density at radius 3 is 2.73 bits per heavy atom. The largest absolute Gasteiger partial charge is 0.298 e. The van der Waals surface area contributed by atoms with Crippen molar-refractivity contribution in [3.63, 3.8) is 0 Å². The summed E-state index contributed by atoms with van der Waals surface area (Å²) in [5.74, 6) is 1.65. The highest BCUT2D eigenvalue weighted by atomic mass is 19.3. The fourth-order valence-electron chi connectivity index (χ4n) is 1.16. The number of nitrogens with two attached hydrogens (primary N) is 1. The molecule has 1 rings (SSSR count). The van der Waals surface area contributed by atoms with E-state index >= 15 is 0 Å². The van der Waals surface area contributed by atoms with Crippen LogP contribution in [0, 0.1) is 0 Å². The summed E-state index contributed by atoms with van der Waals surface area (Å²) in [5, 5.41) is 0. The number of hydrogen-bond acceptors (Lipinski definition) is 3. The van der Waals surface area contributed by atoms with E-state index in [1.165, 1.54) is 0 Å². The number of rotatable bonds is 1. The van der Waals surface area contributed by atoms with Crippen LogP contribution in [-0.4, -0.2) is 17.7 Å². The van der Waals surface area contributed by atoms with Crippen molar-refractivity contribution in [2.75, 3.05) is 0 Å². The van der Waals surface area contributed by atoms with Crippen molar-refractivity contribution < 1.29 is 13.6 Å². The molecule has 3 N–H and O–H groups in total. The summed E-state index contributed by atoms with van der Waals surface area (Å²) in [6.45, 7) is 0. The van der Waals surface area contributed by atoms with Gasteiger partial charge in [-0.1, -0.05) is 0 Å². The summed E-state index contributed by atoms with van der Waals surface area (Å²) in [6, 6.07) is -0.574. The highest BCUT2D eigenvalue weighted by Gasteiger charge is 2.39. The third-order valence-corrected chi connectivity index (χ3v) is 1.82. The lowest BCUT2D eigenvalue weighted by Crippen LogP contribution is -2.47. The smallest absolute Gasteiger partial charge is 0.255 e. The lowest BCUT2D eigenvalue weighted by molar-refractivity contribution is -0.134. The molecule has 3 nitrogen and oxygen atoms in total. The number of carbonyl (C=O) groups is 1. The van der Waals surface area contributed by atoms with Gasteiger partial charge in [-0.25, -0.2) is 14.2 Å². The molecular weight excluding hydrogens is 154 g/mol. The molecule has 0 aromatic rings. The summed E-state index contributed by atoms with van der Waals surface area (Å²) in [4.78, 5) is 10.8. The van der Waals surface area contributed by atoms with Crippen LogP contribution >= 0.6 is 0 Å². The minimum absolute atomic E-state index is 0.127. The normalized spacial score (nSPS) is 30.5. The zero-order chi connectivity index (χ0) is 8.48. The van der Waals surface area contributed by atoms with Crippen LogP contribution in [0.15, 0.2) is 0 Å². The average molecular weight is 164 g/mol. The molecule has 1 saturated carbocycles. The van der Waals surface area contributed by atoms with Gasteiger partial charge >= 0.3 is 0 Å². The summed E-state index contributed by atoms with van der Waals surface area (Å²) < 4.78 is 25.0. The van der Waals surface area contributed by atoms with E-state index in [4.69, 9.17) is 5.84 Å². The molecular formula is C6H10F2N2O. The van der Waals surface area contributed by atoms with Gasteiger partial charge < -0.3 is 0 Å². The maximum absolute atomic E-state index is 12.5. The number of halogens is 2. The first-order valence-electron chi connectivity index (χ1n) is 3.42. The van der Waals surface area contributed by atoms with Crippen LogP contribution in [0.1, 0.15) is 19.3 Å². The molecule has 1 atom stereocenters. The van der Waals surface area contributed by atoms with E-state index in [0.29, 0.717) is 0 Å². The highest BCUT2D eigenvalue weighted by molar-refractivity contribution is 5.85. The maximum Gasteiger partial charge on any atom is 0.255 e. The number of Topliss-reactive ketones (excluding diaryl/α,β-unsaturated/α-hetero) is 1. The number of hydrazine groups is 1. The van der Waals surface area contributed by atoms with Gasteiger partial charge in [0.15, 0.2) is 5.78 Å². The van der Waals surface area contributed by atoms with E-state index in [1.807, 2.05) is 0 Å².